The first-order valence-electron chi connectivity index (χ1n) is 8.41. The van der Waals surface area contributed by atoms with Gasteiger partial charge in [0.15, 0.2) is 0 Å². The molecule has 0 saturated heterocycles. The molecule has 2 atom stereocenters. The Morgan fingerprint density at radius 1 is 0.793 bits per heavy atom. The van der Waals surface area contributed by atoms with E-state index in [-0.39, 0.29) is 11.5 Å². The quantitative estimate of drug-likeness (QED) is 0.318. The summed E-state index contributed by atoms with van der Waals surface area (Å²) < 4.78 is 77.0. The molecule has 0 amide bonds. The van der Waals surface area contributed by atoms with Crippen LogP contribution in [-0.2, 0) is 26.7 Å². The maximum atomic E-state index is 11.8. The second-order valence-corrected chi connectivity index (χ2v) is 9.46. The number of nitrogens with two attached hydrogens (primary N) is 2. The number of hydrogen-bond donors (Lipinski definition) is 4. The topological polar surface area (TPSA) is 179 Å². The molecule has 0 heterocycles. The molecule has 6 N–H and O–H groups in total. The molecule has 158 valence electrons. The van der Waals surface area contributed by atoms with Gasteiger partial charge >= 0.3 is 0 Å². The van der Waals surface area contributed by atoms with Gasteiger partial charge < -0.3 is 9.47 Å². The molecular formula is C17H20N2O8S2. The standard InChI is InChI=1S/C17H20N2O8S2/c1-8(18)26-14-4-10-3-11-5-15(27-9(2)19)17(29(23,24)25)7-13(11)12(10)6-16(14)28(20,21)22/h4-9H,3,18-19H2,1-2H3,(H,20,21,22)(H,23,24,25). The van der Waals surface area contributed by atoms with Gasteiger partial charge in [-0.05, 0) is 66.8 Å². The van der Waals surface area contributed by atoms with Crippen LogP contribution in [0.25, 0.3) is 11.1 Å². The summed E-state index contributed by atoms with van der Waals surface area (Å²) in [5.74, 6) is -0.257. The monoisotopic (exact) mass is 444 g/mol. The van der Waals surface area contributed by atoms with Gasteiger partial charge in [0.2, 0.25) is 0 Å². The van der Waals surface area contributed by atoms with Crippen LogP contribution in [0.4, 0.5) is 0 Å². The molecule has 12 heteroatoms. The lowest BCUT2D eigenvalue weighted by Crippen LogP contribution is -2.23. The fourth-order valence-electron chi connectivity index (χ4n) is 3.19. The van der Waals surface area contributed by atoms with E-state index >= 15 is 0 Å². The Bertz CT molecular complexity index is 1090. The minimum absolute atomic E-state index is 0.129. The molecule has 10 nitrogen and oxygen atoms in total. The molecule has 0 bridgehead atoms. The first-order chi connectivity index (χ1) is 13.3. The minimum atomic E-state index is -4.66. The van der Waals surface area contributed by atoms with E-state index in [1.807, 2.05) is 0 Å². The van der Waals surface area contributed by atoms with Crippen molar-refractivity contribution in [1.29, 1.82) is 0 Å². The summed E-state index contributed by atoms with van der Waals surface area (Å²) in [6.45, 7) is 2.98. The van der Waals surface area contributed by atoms with Crippen molar-refractivity contribution >= 4 is 20.2 Å². The molecule has 2 aromatic rings. The molecule has 29 heavy (non-hydrogen) atoms. The number of rotatable bonds is 6. The van der Waals surface area contributed by atoms with Crippen LogP contribution in [0, 0.1) is 0 Å². The lowest BCUT2D eigenvalue weighted by Gasteiger charge is -2.15. The molecule has 0 spiro atoms. The highest BCUT2D eigenvalue weighted by Crippen LogP contribution is 2.44. The van der Waals surface area contributed by atoms with Crippen LogP contribution in [-0.4, -0.2) is 38.4 Å². The Morgan fingerprint density at radius 2 is 1.14 bits per heavy atom. The number of hydrogen-bond acceptors (Lipinski definition) is 8. The Hall–Kier alpha value is -2.22. The molecular weight excluding hydrogens is 424 g/mol. The molecule has 1 aliphatic carbocycles. The SMILES string of the molecule is CC(N)Oc1cc2c(cc1S(=O)(=O)O)-c1cc(S(=O)(=O)O)c(OC(C)N)cc1C2. The molecule has 0 fully saturated rings. The Kier molecular flexibility index (Phi) is 5.36. The molecule has 2 aromatic carbocycles. The minimum Gasteiger partial charge on any atom is -0.474 e. The van der Waals surface area contributed by atoms with Crippen molar-refractivity contribution in [2.45, 2.75) is 42.5 Å². The average Bonchev–Trinajstić information content (AvgIpc) is 2.86. The third-order valence-corrected chi connectivity index (χ3v) is 5.94. The summed E-state index contributed by atoms with van der Waals surface area (Å²) in [5.41, 5.74) is 13.1. The van der Waals surface area contributed by atoms with Crippen molar-refractivity contribution in [1.82, 2.24) is 0 Å². The van der Waals surface area contributed by atoms with Crippen LogP contribution in [0.5, 0.6) is 11.5 Å². The zero-order valence-electron chi connectivity index (χ0n) is 15.5. The van der Waals surface area contributed by atoms with Crippen LogP contribution in [0.1, 0.15) is 25.0 Å². The van der Waals surface area contributed by atoms with Gasteiger partial charge in [0.05, 0.1) is 0 Å². The first-order valence-corrected chi connectivity index (χ1v) is 11.3. The van der Waals surface area contributed by atoms with Crippen molar-refractivity contribution in [2.24, 2.45) is 11.5 Å². The summed E-state index contributed by atoms with van der Waals surface area (Å²) in [7, 11) is -9.31. The molecule has 3 rings (SSSR count). The van der Waals surface area contributed by atoms with Crippen molar-refractivity contribution in [3.8, 4) is 22.6 Å². The third kappa shape index (κ3) is 4.37. The van der Waals surface area contributed by atoms with Crippen molar-refractivity contribution in [2.75, 3.05) is 0 Å². The summed E-state index contributed by atoms with van der Waals surface area (Å²) in [4.78, 5) is -1.02. The van der Waals surface area contributed by atoms with E-state index in [0.717, 1.165) is 0 Å². The highest BCUT2D eigenvalue weighted by Gasteiger charge is 2.29. The van der Waals surface area contributed by atoms with E-state index in [1.54, 1.807) is 0 Å². The van der Waals surface area contributed by atoms with Gasteiger partial charge in [0, 0.05) is 0 Å². The number of benzene rings is 2. The molecule has 1 aliphatic rings. The highest BCUT2D eigenvalue weighted by atomic mass is 32.2. The highest BCUT2D eigenvalue weighted by molar-refractivity contribution is 7.86. The fourth-order valence-corrected chi connectivity index (χ4v) is 4.45. The molecule has 0 aromatic heterocycles. The van der Waals surface area contributed by atoms with Crippen molar-refractivity contribution < 1.29 is 35.4 Å². The van der Waals surface area contributed by atoms with Crippen molar-refractivity contribution in [3.63, 3.8) is 0 Å². The lowest BCUT2D eigenvalue weighted by atomic mass is 10.1. The third-order valence-electron chi connectivity index (χ3n) is 4.19. The van der Waals surface area contributed by atoms with E-state index in [2.05, 4.69) is 0 Å². The van der Waals surface area contributed by atoms with E-state index < -0.39 is 42.5 Å². The van der Waals surface area contributed by atoms with Gasteiger partial charge in [-0.1, -0.05) is 0 Å². The lowest BCUT2D eigenvalue weighted by molar-refractivity contribution is 0.223. The molecule has 0 radical (unpaired) electrons. The number of ether oxygens (including phenoxy) is 2. The van der Waals surface area contributed by atoms with Gasteiger partial charge in [-0.15, -0.1) is 0 Å². The maximum absolute atomic E-state index is 11.8. The van der Waals surface area contributed by atoms with E-state index in [9.17, 15) is 25.9 Å². The Morgan fingerprint density at radius 3 is 1.41 bits per heavy atom. The summed E-state index contributed by atoms with van der Waals surface area (Å²) in [6, 6.07) is 5.18. The molecule has 0 saturated carbocycles. The van der Waals surface area contributed by atoms with Gasteiger partial charge in [0.1, 0.15) is 33.7 Å². The predicted molar refractivity (Wildman–Crippen MR) is 103 cm³/mol. The Balaban J connectivity index is 2.25. The van der Waals surface area contributed by atoms with Crippen LogP contribution in [0.2, 0.25) is 0 Å². The van der Waals surface area contributed by atoms with Crippen LogP contribution < -0.4 is 20.9 Å². The fraction of sp³-hybridized carbons (Fsp3) is 0.294. The van der Waals surface area contributed by atoms with Gasteiger partial charge in [-0.25, -0.2) is 0 Å². The van der Waals surface area contributed by atoms with Crippen molar-refractivity contribution in [3.05, 3.63) is 35.4 Å². The second-order valence-electron chi connectivity index (χ2n) is 6.69. The summed E-state index contributed by atoms with van der Waals surface area (Å²) in [6.07, 6.45) is -1.38. The zero-order chi connectivity index (χ0) is 21.7. The smallest absolute Gasteiger partial charge is 0.298 e. The molecule has 0 aliphatic heterocycles. The maximum Gasteiger partial charge on any atom is 0.298 e. The van der Waals surface area contributed by atoms with Crippen LogP contribution >= 0.6 is 0 Å². The largest absolute Gasteiger partial charge is 0.474 e. The van der Waals surface area contributed by atoms with E-state index in [4.69, 9.17) is 20.9 Å². The first kappa shape index (κ1) is 21.5. The van der Waals surface area contributed by atoms with Gasteiger partial charge in [-0.2, -0.15) is 16.8 Å². The number of fused-ring (bicyclic) bond motifs is 3. The Labute approximate surface area is 167 Å². The van der Waals surface area contributed by atoms with E-state index in [0.29, 0.717) is 28.7 Å². The average molecular weight is 444 g/mol. The molecule has 2 unspecified atom stereocenters. The summed E-state index contributed by atoms with van der Waals surface area (Å²) >= 11 is 0. The van der Waals surface area contributed by atoms with Gasteiger partial charge in [0.25, 0.3) is 20.2 Å². The predicted octanol–water partition coefficient (Wildman–Crippen LogP) is 1.12. The van der Waals surface area contributed by atoms with E-state index in [1.165, 1.54) is 38.1 Å². The summed E-state index contributed by atoms with van der Waals surface area (Å²) in [5, 5.41) is 0. The second kappa shape index (κ2) is 7.23. The van der Waals surface area contributed by atoms with Gasteiger partial charge in [-0.3, -0.25) is 20.6 Å². The van der Waals surface area contributed by atoms with Crippen LogP contribution in [0.15, 0.2) is 34.1 Å². The normalized spacial score (nSPS) is 15.4. The zero-order valence-corrected chi connectivity index (χ0v) is 17.1. The van der Waals surface area contributed by atoms with Crippen LogP contribution in [0.3, 0.4) is 0 Å².